The lowest BCUT2D eigenvalue weighted by molar-refractivity contribution is 0.0233. The number of carbonyl (C=O) groups excluding carboxylic acids is 2. The molecule has 0 atom stereocenters. The van der Waals surface area contributed by atoms with Crippen LogP contribution < -0.4 is 5.32 Å². The largest absolute Gasteiger partial charge is 0.443 e. The van der Waals surface area contributed by atoms with E-state index in [-0.39, 0.29) is 12.5 Å². The quantitative estimate of drug-likeness (QED) is 0.621. The molecular weight excluding hydrogens is 392 g/mol. The molecule has 2 amide bonds. The van der Waals surface area contributed by atoms with Gasteiger partial charge < -0.3 is 15.0 Å². The van der Waals surface area contributed by atoms with Gasteiger partial charge in [-0.15, -0.1) is 0 Å². The third kappa shape index (κ3) is 4.30. The minimum Gasteiger partial charge on any atom is -0.443 e. The number of anilines is 2. The van der Waals surface area contributed by atoms with Crippen LogP contribution in [0, 0.1) is 6.92 Å². The molecule has 0 saturated heterocycles. The molecule has 0 radical (unpaired) electrons. The van der Waals surface area contributed by atoms with E-state index in [1.165, 1.54) is 4.90 Å². The molecule has 2 N–H and O–H groups in total. The average Bonchev–Trinajstić information content (AvgIpc) is 3.07. The summed E-state index contributed by atoms with van der Waals surface area (Å²) in [4.78, 5) is 35.1. The Balaban J connectivity index is 1.78. The summed E-state index contributed by atoms with van der Waals surface area (Å²) in [6, 6.07) is 13.5. The van der Waals surface area contributed by atoms with E-state index in [9.17, 15) is 9.59 Å². The molecule has 7 heteroatoms. The van der Waals surface area contributed by atoms with Crippen molar-refractivity contribution in [3.8, 4) is 11.4 Å². The van der Waals surface area contributed by atoms with Crippen LogP contribution in [0.15, 0.2) is 48.7 Å². The van der Waals surface area contributed by atoms with Crippen molar-refractivity contribution in [2.24, 2.45) is 0 Å². The first-order valence-corrected chi connectivity index (χ1v) is 10.3. The van der Waals surface area contributed by atoms with Gasteiger partial charge in [0.2, 0.25) is 0 Å². The van der Waals surface area contributed by atoms with E-state index in [0.29, 0.717) is 23.4 Å². The van der Waals surface area contributed by atoms with Gasteiger partial charge in [0.05, 0.1) is 22.6 Å². The monoisotopic (exact) mass is 418 g/mol. The number of hydrogen-bond acceptors (Lipinski definition) is 5. The molecular formula is C24H26N4O3. The summed E-state index contributed by atoms with van der Waals surface area (Å²) in [5.74, 6) is -0.386. The summed E-state index contributed by atoms with van der Waals surface area (Å²) < 4.78 is 5.45. The van der Waals surface area contributed by atoms with Gasteiger partial charge >= 0.3 is 6.09 Å². The second-order valence-electron chi connectivity index (χ2n) is 8.63. The normalized spacial score (nSPS) is 13.7. The minimum absolute atomic E-state index is 0.257. The van der Waals surface area contributed by atoms with E-state index in [2.05, 4.69) is 15.3 Å². The number of ether oxygens (including phenoxy) is 1. The Hall–Kier alpha value is -3.61. The summed E-state index contributed by atoms with van der Waals surface area (Å²) in [5, 5.41) is 3.36. The molecule has 7 nitrogen and oxygen atoms in total. The van der Waals surface area contributed by atoms with E-state index in [1.807, 2.05) is 49.4 Å². The number of fused-ring (bicyclic) bond motifs is 1. The molecule has 160 valence electrons. The lowest BCUT2D eigenvalue weighted by Gasteiger charge is -2.29. The number of para-hydroxylation sites is 1. The molecule has 3 heterocycles. The van der Waals surface area contributed by atoms with Gasteiger partial charge in [0.25, 0.3) is 5.91 Å². The lowest BCUT2D eigenvalue weighted by atomic mass is 10.0. The number of nitrogens with one attached hydrogen (secondary N) is 2. The number of benzene rings is 1. The second kappa shape index (κ2) is 7.91. The fourth-order valence-corrected chi connectivity index (χ4v) is 3.53. The summed E-state index contributed by atoms with van der Waals surface area (Å²) >= 11 is 0. The molecule has 4 rings (SSSR count). The van der Waals surface area contributed by atoms with Gasteiger partial charge in [0, 0.05) is 30.5 Å². The van der Waals surface area contributed by atoms with Crippen molar-refractivity contribution in [3.05, 3.63) is 65.5 Å². The summed E-state index contributed by atoms with van der Waals surface area (Å²) in [5.41, 5.74) is 4.46. The van der Waals surface area contributed by atoms with Crippen LogP contribution in [0.25, 0.3) is 11.4 Å². The van der Waals surface area contributed by atoms with Crippen LogP contribution in [0.2, 0.25) is 0 Å². The molecule has 2 aromatic heterocycles. The first-order chi connectivity index (χ1) is 14.7. The summed E-state index contributed by atoms with van der Waals surface area (Å²) in [6.45, 7) is 7.58. The highest BCUT2D eigenvalue weighted by atomic mass is 16.6. The smallest absolute Gasteiger partial charge is 0.417 e. The van der Waals surface area contributed by atoms with Crippen molar-refractivity contribution >= 4 is 23.4 Å². The van der Waals surface area contributed by atoms with Gasteiger partial charge in [-0.2, -0.15) is 0 Å². The molecule has 31 heavy (non-hydrogen) atoms. The fraction of sp³-hybridized carbons (Fsp3) is 0.292. The van der Waals surface area contributed by atoms with Crippen LogP contribution in [0.4, 0.5) is 16.2 Å². The SMILES string of the molecule is Cc1ccc(-c2[nH]c3c(c2Nc2ccccc2)C(=O)N(C(=O)OC(C)(C)C)CC3)nc1. The fourth-order valence-electron chi connectivity index (χ4n) is 3.53. The van der Waals surface area contributed by atoms with Gasteiger partial charge in [-0.3, -0.25) is 9.78 Å². The Morgan fingerprint density at radius 2 is 1.90 bits per heavy atom. The van der Waals surface area contributed by atoms with Crippen molar-refractivity contribution < 1.29 is 14.3 Å². The second-order valence-corrected chi connectivity index (χ2v) is 8.63. The maximum atomic E-state index is 13.4. The highest BCUT2D eigenvalue weighted by Gasteiger charge is 2.37. The zero-order chi connectivity index (χ0) is 22.2. The maximum Gasteiger partial charge on any atom is 0.417 e. The first kappa shape index (κ1) is 20.7. The van der Waals surface area contributed by atoms with Gasteiger partial charge in [0.15, 0.2) is 0 Å². The van der Waals surface area contributed by atoms with Crippen molar-refractivity contribution in [2.45, 2.75) is 39.7 Å². The average molecular weight is 418 g/mol. The molecule has 0 unspecified atom stereocenters. The first-order valence-electron chi connectivity index (χ1n) is 10.3. The van der Waals surface area contributed by atoms with Crippen LogP contribution in [0.5, 0.6) is 0 Å². The highest BCUT2D eigenvalue weighted by Crippen LogP contribution is 2.37. The number of amides is 2. The van der Waals surface area contributed by atoms with Crippen LogP contribution in [-0.4, -0.2) is 39.0 Å². The topological polar surface area (TPSA) is 87.3 Å². The lowest BCUT2D eigenvalue weighted by Crippen LogP contribution is -2.44. The third-order valence-corrected chi connectivity index (χ3v) is 4.95. The molecule has 0 aliphatic carbocycles. The Morgan fingerprint density at radius 3 is 2.55 bits per heavy atom. The van der Waals surface area contributed by atoms with Crippen LogP contribution in [0.1, 0.15) is 42.4 Å². The number of H-pyrrole nitrogens is 1. The molecule has 3 aromatic rings. The van der Waals surface area contributed by atoms with Crippen molar-refractivity contribution in [1.82, 2.24) is 14.9 Å². The van der Waals surface area contributed by atoms with Gasteiger partial charge in [-0.1, -0.05) is 24.3 Å². The number of pyridine rings is 1. The minimum atomic E-state index is -0.683. The van der Waals surface area contributed by atoms with E-state index in [0.717, 1.165) is 22.6 Å². The number of imide groups is 1. The standard InChI is InChI=1S/C24H26N4O3/c1-15-10-11-18(25-14-15)20-21(26-16-8-6-5-7-9-16)19-17(27-20)12-13-28(22(19)29)23(30)31-24(2,3)4/h5-11,14,26-27H,12-13H2,1-4H3. The number of aryl methyl sites for hydroxylation is 1. The maximum absolute atomic E-state index is 13.4. The molecule has 0 saturated carbocycles. The molecule has 0 fully saturated rings. The summed E-state index contributed by atoms with van der Waals surface area (Å²) in [7, 11) is 0. The number of rotatable bonds is 3. The Morgan fingerprint density at radius 1 is 1.16 bits per heavy atom. The highest BCUT2D eigenvalue weighted by molar-refractivity contribution is 6.11. The van der Waals surface area contributed by atoms with Gasteiger partial charge in [0.1, 0.15) is 5.60 Å². The molecule has 1 aromatic carbocycles. The third-order valence-electron chi connectivity index (χ3n) is 4.95. The number of aromatic nitrogens is 2. The van der Waals surface area contributed by atoms with E-state index in [4.69, 9.17) is 4.74 Å². The molecule has 0 spiro atoms. The summed E-state index contributed by atoms with van der Waals surface area (Å²) in [6.07, 6.45) is 1.66. The van der Waals surface area contributed by atoms with Crippen LogP contribution >= 0.6 is 0 Å². The van der Waals surface area contributed by atoms with Crippen molar-refractivity contribution in [2.75, 3.05) is 11.9 Å². The molecule has 0 bridgehead atoms. The Kier molecular flexibility index (Phi) is 5.27. The molecule has 1 aliphatic heterocycles. The number of nitrogens with zero attached hydrogens (tertiary/aromatic N) is 2. The number of carbonyl (C=O) groups is 2. The van der Waals surface area contributed by atoms with Gasteiger partial charge in [-0.25, -0.2) is 9.69 Å². The molecule has 1 aliphatic rings. The van der Waals surface area contributed by atoms with Crippen LogP contribution in [-0.2, 0) is 11.2 Å². The van der Waals surface area contributed by atoms with Crippen molar-refractivity contribution in [3.63, 3.8) is 0 Å². The number of aromatic amines is 1. The zero-order valence-electron chi connectivity index (χ0n) is 18.2. The van der Waals surface area contributed by atoms with Crippen molar-refractivity contribution in [1.29, 1.82) is 0 Å². The predicted octanol–water partition coefficient (Wildman–Crippen LogP) is 5.06. The van der Waals surface area contributed by atoms with E-state index < -0.39 is 11.7 Å². The van der Waals surface area contributed by atoms with E-state index >= 15 is 0 Å². The van der Waals surface area contributed by atoms with Crippen LogP contribution in [0.3, 0.4) is 0 Å². The Bertz CT molecular complexity index is 1110. The van der Waals surface area contributed by atoms with E-state index in [1.54, 1.807) is 27.0 Å². The predicted molar refractivity (Wildman–Crippen MR) is 119 cm³/mol. The zero-order valence-corrected chi connectivity index (χ0v) is 18.2. The Labute approximate surface area is 181 Å². The number of hydrogen-bond donors (Lipinski definition) is 2. The van der Waals surface area contributed by atoms with Gasteiger partial charge in [-0.05, 0) is 51.5 Å².